The van der Waals surface area contributed by atoms with Crippen LogP contribution in [0.25, 0.3) is 22.1 Å². The van der Waals surface area contributed by atoms with Gasteiger partial charge in [-0.05, 0) is 48.0 Å². The lowest BCUT2D eigenvalue weighted by Gasteiger charge is -2.05. The molecule has 27 heavy (non-hydrogen) atoms. The van der Waals surface area contributed by atoms with E-state index >= 15 is 0 Å². The lowest BCUT2D eigenvalue weighted by Crippen LogP contribution is -2.22. The number of benzene rings is 3. The lowest BCUT2D eigenvalue weighted by atomic mass is 10.2. The third kappa shape index (κ3) is 2.88. The summed E-state index contributed by atoms with van der Waals surface area (Å²) in [6.45, 7) is 0. The average Bonchev–Trinajstić information content (AvgIpc) is 3.19. The predicted molar refractivity (Wildman–Crippen MR) is 109 cm³/mol. The Kier molecular flexibility index (Phi) is 3.73. The van der Waals surface area contributed by atoms with E-state index in [1.54, 1.807) is 4.40 Å². The van der Waals surface area contributed by atoms with Gasteiger partial charge in [0.1, 0.15) is 11.5 Å². The van der Waals surface area contributed by atoms with Crippen molar-refractivity contribution >= 4 is 33.4 Å². The van der Waals surface area contributed by atoms with Gasteiger partial charge in [0.2, 0.25) is 0 Å². The van der Waals surface area contributed by atoms with E-state index in [0.717, 1.165) is 28.1 Å². The van der Waals surface area contributed by atoms with Gasteiger partial charge >= 0.3 is 0 Å². The van der Waals surface area contributed by atoms with Crippen molar-refractivity contribution in [3.8, 4) is 11.5 Å². The van der Waals surface area contributed by atoms with Gasteiger partial charge in [-0.25, -0.2) is 9.38 Å². The smallest absolute Gasteiger partial charge is 0.274 e. The van der Waals surface area contributed by atoms with E-state index in [9.17, 15) is 4.79 Å². The molecular formula is C22H14N2O2S. The number of hydrogen-bond donors (Lipinski definition) is 0. The third-order valence-electron chi connectivity index (χ3n) is 4.28. The Morgan fingerprint density at radius 1 is 0.889 bits per heavy atom. The summed E-state index contributed by atoms with van der Waals surface area (Å²) in [6.07, 6.45) is 1.88. The van der Waals surface area contributed by atoms with E-state index in [-0.39, 0.29) is 5.56 Å². The summed E-state index contributed by atoms with van der Waals surface area (Å²) in [5.74, 6) is 1.51. The Balaban J connectivity index is 1.58. The number of rotatable bonds is 3. The van der Waals surface area contributed by atoms with E-state index in [4.69, 9.17) is 4.74 Å². The summed E-state index contributed by atoms with van der Waals surface area (Å²) < 4.78 is 8.21. The molecule has 0 amide bonds. The van der Waals surface area contributed by atoms with Gasteiger partial charge in [0.05, 0.1) is 15.6 Å². The molecule has 0 N–H and O–H groups in total. The molecule has 2 heterocycles. The van der Waals surface area contributed by atoms with Crippen molar-refractivity contribution < 1.29 is 4.74 Å². The van der Waals surface area contributed by atoms with Crippen LogP contribution in [0, 0.1) is 0 Å². The molecule has 3 aromatic carbocycles. The Bertz CT molecular complexity index is 1370. The Hall–Kier alpha value is -3.44. The Morgan fingerprint density at radius 2 is 1.67 bits per heavy atom. The number of fused-ring (bicyclic) bond motifs is 3. The van der Waals surface area contributed by atoms with E-state index in [1.165, 1.54) is 11.3 Å². The topological polar surface area (TPSA) is 43.6 Å². The first kappa shape index (κ1) is 15.8. The fraction of sp³-hybridized carbons (Fsp3) is 0. The summed E-state index contributed by atoms with van der Waals surface area (Å²) in [4.78, 5) is 18.1. The maximum Gasteiger partial charge on any atom is 0.274 e. The minimum atomic E-state index is -0.0434. The number of hydrogen-bond acceptors (Lipinski definition) is 4. The summed E-state index contributed by atoms with van der Waals surface area (Å²) in [5.41, 5.74) is 2.55. The molecule has 0 atom stereocenters. The molecule has 0 aliphatic heterocycles. The van der Waals surface area contributed by atoms with Crippen LogP contribution in [0.5, 0.6) is 11.5 Å². The molecule has 5 rings (SSSR count). The van der Waals surface area contributed by atoms with Crippen LogP contribution >= 0.6 is 11.3 Å². The van der Waals surface area contributed by atoms with Crippen LogP contribution in [0.1, 0.15) is 5.56 Å². The van der Waals surface area contributed by atoms with E-state index in [1.807, 2.05) is 84.9 Å². The highest BCUT2D eigenvalue weighted by Gasteiger charge is 2.10. The lowest BCUT2D eigenvalue weighted by molar-refractivity contribution is 0.482. The van der Waals surface area contributed by atoms with Crippen LogP contribution in [0.3, 0.4) is 0 Å². The fourth-order valence-electron chi connectivity index (χ4n) is 3.06. The number of para-hydroxylation sites is 3. The van der Waals surface area contributed by atoms with Gasteiger partial charge in [0.25, 0.3) is 5.56 Å². The maximum atomic E-state index is 12.9. The molecule has 2 aromatic heterocycles. The van der Waals surface area contributed by atoms with Crippen molar-refractivity contribution in [2.75, 3.05) is 0 Å². The minimum Gasteiger partial charge on any atom is -0.457 e. The second-order valence-electron chi connectivity index (χ2n) is 6.12. The first-order valence-electron chi connectivity index (χ1n) is 8.53. The third-order valence-corrected chi connectivity index (χ3v) is 5.25. The molecule has 4 nitrogen and oxygen atoms in total. The average molecular weight is 370 g/mol. The van der Waals surface area contributed by atoms with Crippen LogP contribution in [-0.4, -0.2) is 9.38 Å². The first-order valence-corrected chi connectivity index (χ1v) is 9.34. The zero-order valence-corrected chi connectivity index (χ0v) is 15.0. The second kappa shape index (κ2) is 6.37. The van der Waals surface area contributed by atoms with Gasteiger partial charge in [-0.2, -0.15) is 0 Å². The van der Waals surface area contributed by atoms with Gasteiger partial charge in [0.15, 0.2) is 4.96 Å². The van der Waals surface area contributed by atoms with E-state index < -0.39 is 0 Å². The minimum absolute atomic E-state index is 0.0434. The van der Waals surface area contributed by atoms with Crippen molar-refractivity contribution in [2.24, 2.45) is 0 Å². The SMILES string of the molecule is O=c1/c(=C/c2cccc(Oc3ccccc3)c2)sc2nc3ccccc3n12. The number of thiazole rings is 1. The van der Waals surface area contributed by atoms with Crippen molar-refractivity contribution in [2.45, 2.75) is 0 Å². The number of imidazole rings is 1. The standard InChI is InChI=1S/C22H14N2O2S/c25-21-20(27-22-23-18-11-4-5-12-19(18)24(21)22)14-15-7-6-10-17(13-15)26-16-8-2-1-3-9-16/h1-14H/b20-14-. The molecule has 0 spiro atoms. The summed E-state index contributed by atoms with van der Waals surface area (Å²) in [6, 6.07) is 25.0. The van der Waals surface area contributed by atoms with Crippen LogP contribution in [0.15, 0.2) is 83.7 Å². The Morgan fingerprint density at radius 3 is 2.56 bits per heavy atom. The van der Waals surface area contributed by atoms with Crippen LogP contribution in [0.4, 0.5) is 0 Å². The van der Waals surface area contributed by atoms with Gasteiger partial charge in [-0.1, -0.05) is 53.8 Å². The van der Waals surface area contributed by atoms with Crippen LogP contribution < -0.4 is 14.8 Å². The molecule has 0 saturated carbocycles. The van der Waals surface area contributed by atoms with E-state index in [0.29, 0.717) is 9.49 Å². The van der Waals surface area contributed by atoms with Crippen molar-refractivity contribution in [3.05, 3.63) is 99.3 Å². The molecule has 130 valence electrons. The van der Waals surface area contributed by atoms with Crippen molar-refractivity contribution in [1.29, 1.82) is 0 Å². The molecule has 0 bridgehead atoms. The summed E-state index contributed by atoms with van der Waals surface area (Å²) in [5, 5.41) is 0. The number of ether oxygens (including phenoxy) is 1. The molecular weight excluding hydrogens is 356 g/mol. The molecule has 5 heteroatoms. The highest BCUT2D eigenvalue weighted by atomic mass is 32.1. The number of aromatic nitrogens is 2. The first-order chi connectivity index (χ1) is 13.3. The highest BCUT2D eigenvalue weighted by molar-refractivity contribution is 7.15. The molecule has 0 fully saturated rings. The monoisotopic (exact) mass is 370 g/mol. The fourth-order valence-corrected chi connectivity index (χ4v) is 4.04. The van der Waals surface area contributed by atoms with Gasteiger partial charge in [-0.3, -0.25) is 4.79 Å². The highest BCUT2D eigenvalue weighted by Crippen LogP contribution is 2.22. The number of nitrogens with zero attached hydrogens (tertiary/aromatic N) is 2. The molecule has 0 saturated heterocycles. The molecule has 0 aliphatic rings. The molecule has 5 aromatic rings. The van der Waals surface area contributed by atoms with Gasteiger partial charge in [0, 0.05) is 0 Å². The van der Waals surface area contributed by atoms with Crippen molar-refractivity contribution in [1.82, 2.24) is 9.38 Å². The normalized spacial score (nSPS) is 12.1. The predicted octanol–water partition coefficient (Wildman–Crippen LogP) is 4.25. The Labute approximate surface area is 158 Å². The van der Waals surface area contributed by atoms with Gasteiger partial charge < -0.3 is 4.74 Å². The van der Waals surface area contributed by atoms with Gasteiger partial charge in [-0.15, -0.1) is 0 Å². The van der Waals surface area contributed by atoms with E-state index in [2.05, 4.69) is 4.98 Å². The molecule has 0 unspecified atom stereocenters. The summed E-state index contributed by atoms with van der Waals surface area (Å²) in [7, 11) is 0. The zero-order chi connectivity index (χ0) is 18.2. The maximum absolute atomic E-state index is 12.9. The quantitative estimate of drug-likeness (QED) is 0.477. The van der Waals surface area contributed by atoms with Crippen LogP contribution in [0.2, 0.25) is 0 Å². The largest absolute Gasteiger partial charge is 0.457 e. The summed E-state index contributed by atoms with van der Waals surface area (Å²) >= 11 is 1.40. The second-order valence-corrected chi connectivity index (χ2v) is 7.13. The molecule has 0 aliphatic carbocycles. The zero-order valence-electron chi connectivity index (χ0n) is 14.2. The van der Waals surface area contributed by atoms with Crippen molar-refractivity contribution in [3.63, 3.8) is 0 Å². The van der Waals surface area contributed by atoms with Crippen LogP contribution in [-0.2, 0) is 0 Å². The molecule has 0 radical (unpaired) electrons.